The molecule has 1 atom stereocenters. The van der Waals surface area contributed by atoms with Gasteiger partial charge >= 0.3 is 0 Å². The molecule has 0 spiro atoms. The molecule has 0 amide bonds. The number of hydrogen-bond donors (Lipinski definition) is 1. The summed E-state index contributed by atoms with van der Waals surface area (Å²) in [5.74, 6) is -0.0625. The van der Waals surface area contributed by atoms with Crippen molar-refractivity contribution in [1.82, 2.24) is 4.98 Å². The van der Waals surface area contributed by atoms with Crippen LogP contribution in [0.3, 0.4) is 0 Å². The van der Waals surface area contributed by atoms with E-state index in [1.807, 2.05) is 0 Å². The van der Waals surface area contributed by atoms with Gasteiger partial charge in [0, 0.05) is 26.2 Å². The van der Waals surface area contributed by atoms with E-state index in [4.69, 9.17) is 10.1 Å². The number of hydrogen-bond acceptors (Lipinski definition) is 3. The summed E-state index contributed by atoms with van der Waals surface area (Å²) >= 11 is 0. The summed E-state index contributed by atoms with van der Waals surface area (Å²) in [6.45, 7) is 12.5. The van der Waals surface area contributed by atoms with E-state index >= 15 is 0 Å². The maximum atomic E-state index is 10.0. The molecule has 7 aromatic rings. The van der Waals surface area contributed by atoms with Crippen LogP contribution in [-0.4, -0.2) is 15.9 Å². The van der Waals surface area contributed by atoms with E-state index in [-0.39, 0.29) is 42.5 Å². The second-order valence-electron chi connectivity index (χ2n) is 14.6. The molecule has 3 nitrogen and oxygen atoms in total. The van der Waals surface area contributed by atoms with Gasteiger partial charge < -0.3 is 5.11 Å². The minimum Gasteiger partial charge on any atom is -0.512 e. The Bertz CT molecular complexity index is 2440. The quantitative estimate of drug-likeness (QED) is 0.0816. The molecule has 0 aliphatic carbocycles. The van der Waals surface area contributed by atoms with Crippen molar-refractivity contribution in [2.24, 2.45) is 0 Å². The summed E-state index contributed by atoms with van der Waals surface area (Å²) in [6.07, 6.45) is 1.17. The van der Waals surface area contributed by atoms with Crippen molar-refractivity contribution >= 4 is 62.1 Å². The van der Waals surface area contributed by atoms with Crippen molar-refractivity contribution in [3.8, 4) is 11.3 Å². The number of fused-ring (bicyclic) bond motifs is 7. The van der Waals surface area contributed by atoms with Gasteiger partial charge in [0.25, 0.3) is 0 Å². The van der Waals surface area contributed by atoms with Crippen molar-refractivity contribution in [3.05, 3.63) is 155 Å². The van der Waals surface area contributed by atoms with Crippen LogP contribution in [0.25, 0.3) is 43.7 Å². The van der Waals surface area contributed by atoms with Crippen LogP contribution in [0.4, 0.5) is 0 Å². The van der Waals surface area contributed by atoms with Crippen molar-refractivity contribution in [2.75, 3.05) is 0 Å². The van der Waals surface area contributed by atoms with Crippen molar-refractivity contribution < 1.29 is 30.0 Å². The molecule has 51 heavy (non-hydrogen) atoms. The first-order valence-electron chi connectivity index (χ1n) is 17.2. The number of aromatic nitrogens is 1. The number of carbonyl (C=O) groups excluding carboxylic acids is 1. The van der Waals surface area contributed by atoms with Crippen LogP contribution in [0, 0.1) is 6.07 Å². The molecule has 0 saturated heterocycles. The molecule has 3 heterocycles. The van der Waals surface area contributed by atoms with Gasteiger partial charge in [-0.3, -0.25) is 9.78 Å². The SMILES string of the molecule is CC(=O)/C=C(/C)O.CC1(C)c2[c-]c(-c3ccc4ccccc4n3)cc3c2P(c2cc4ccccc4cc21)c1cc2ccccc2cc1C3(C)C.[Ir]. The minimum absolute atomic E-state index is 0. The molecular weight excluding hydrogens is 822 g/mol. The minimum atomic E-state index is -0.776. The Morgan fingerprint density at radius 3 is 1.71 bits per heavy atom. The average Bonchev–Trinajstić information content (AvgIpc) is 3.09. The normalized spacial score (nSPS) is 16.3. The summed E-state index contributed by atoms with van der Waals surface area (Å²) in [5.41, 5.74) is 8.34. The molecule has 1 N–H and O–H groups in total. The molecule has 6 aromatic carbocycles. The molecule has 5 heteroatoms. The first kappa shape index (κ1) is 35.0. The number of para-hydroxylation sites is 1. The van der Waals surface area contributed by atoms with Crippen LogP contribution in [0.15, 0.2) is 127 Å². The van der Waals surface area contributed by atoms with Gasteiger partial charge in [0.1, 0.15) is 0 Å². The molecule has 1 unspecified atom stereocenters. The summed E-state index contributed by atoms with van der Waals surface area (Å²) in [6, 6.07) is 46.8. The molecular formula is C46H39IrNO2P-. The fourth-order valence-corrected chi connectivity index (χ4v) is 11.5. The number of rotatable bonds is 2. The van der Waals surface area contributed by atoms with E-state index in [1.54, 1.807) is 0 Å². The first-order valence-corrected chi connectivity index (χ1v) is 18.5. The number of allylic oxidation sites excluding steroid dienone is 2. The van der Waals surface area contributed by atoms with Crippen LogP contribution in [0.1, 0.15) is 63.8 Å². The van der Waals surface area contributed by atoms with Gasteiger partial charge in [-0.1, -0.05) is 120 Å². The standard InChI is InChI=1S/C41H31NP.C5H8O2.Ir/c1-40(2)31-19-26-12-5-7-14-28(26)23-37(31)43-38-24-29-15-8-6-13-27(29)20-32(38)41(3,4)34-22-30(21-33(40)39(34)43)36-18-17-25-11-9-10-16-35(25)42-36;1-4(6)3-5(2)7;/h5-21,23-24H,1-4H3;3,6H,1-2H3;/q-1;;/b;4-3-;. The van der Waals surface area contributed by atoms with Gasteiger partial charge in [-0.15, -0.1) is 28.8 Å². The third-order valence-corrected chi connectivity index (χ3v) is 13.0. The van der Waals surface area contributed by atoms with Crippen molar-refractivity contribution in [2.45, 2.75) is 52.4 Å². The Labute approximate surface area is 314 Å². The van der Waals surface area contributed by atoms with E-state index in [1.165, 1.54) is 79.6 Å². The summed E-state index contributed by atoms with van der Waals surface area (Å²) in [7, 11) is -0.776. The molecule has 2 aliphatic rings. The van der Waals surface area contributed by atoms with E-state index in [9.17, 15) is 4.79 Å². The summed E-state index contributed by atoms with van der Waals surface area (Å²) < 4.78 is 0. The zero-order valence-corrected chi connectivity index (χ0v) is 32.9. The van der Waals surface area contributed by atoms with E-state index in [2.05, 4.69) is 149 Å². The van der Waals surface area contributed by atoms with Crippen LogP contribution < -0.4 is 15.9 Å². The smallest absolute Gasteiger partial charge is 0.155 e. The first-order chi connectivity index (χ1) is 23.9. The molecule has 0 bridgehead atoms. The molecule has 2 aliphatic heterocycles. The predicted molar refractivity (Wildman–Crippen MR) is 211 cm³/mol. The maximum absolute atomic E-state index is 10.0. The Balaban J connectivity index is 0.000000464. The zero-order valence-electron chi connectivity index (χ0n) is 29.6. The number of ketones is 1. The third kappa shape index (κ3) is 5.84. The summed E-state index contributed by atoms with van der Waals surface area (Å²) in [5, 5.41) is 19.3. The Kier molecular flexibility index (Phi) is 8.87. The molecule has 0 saturated carbocycles. The van der Waals surface area contributed by atoms with Gasteiger partial charge in [0.2, 0.25) is 0 Å². The topological polar surface area (TPSA) is 50.2 Å². The van der Waals surface area contributed by atoms with E-state index in [0.29, 0.717) is 0 Å². The Hall–Kier alpha value is -4.46. The van der Waals surface area contributed by atoms with Crippen LogP contribution in [0.2, 0.25) is 0 Å². The number of carbonyl (C=O) groups is 1. The number of nitrogens with zero attached hydrogens (tertiary/aromatic N) is 1. The average molecular weight is 861 g/mol. The predicted octanol–water partition coefficient (Wildman–Crippen LogP) is 10.1. The van der Waals surface area contributed by atoms with Crippen molar-refractivity contribution in [1.29, 1.82) is 0 Å². The largest absolute Gasteiger partial charge is 0.512 e. The summed E-state index contributed by atoms with van der Waals surface area (Å²) in [4.78, 5) is 15.2. The monoisotopic (exact) mass is 861 g/mol. The van der Waals surface area contributed by atoms with Gasteiger partial charge in [-0.05, 0) is 109 Å². The van der Waals surface area contributed by atoms with Gasteiger partial charge in [-0.2, -0.15) is 0 Å². The van der Waals surface area contributed by atoms with E-state index < -0.39 is 7.92 Å². The molecule has 1 radical (unpaired) electrons. The number of aliphatic hydroxyl groups is 1. The van der Waals surface area contributed by atoms with Gasteiger partial charge in [0.05, 0.1) is 11.3 Å². The second-order valence-corrected chi connectivity index (χ2v) is 16.7. The van der Waals surface area contributed by atoms with E-state index in [0.717, 1.165) is 22.2 Å². The Morgan fingerprint density at radius 2 is 1.18 bits per heavy atom. The third-order valence-electron chi connectivity index (χ3n) is 10.4. The van der Waals surface area contributed by atoms with Gasteiger partial charge in [0.15, 0.2) is 5.78 Å². The molecule has 9 rings (SSSR count). The fraction of sp³-hybridized carbons (Fsp3) is 0.174. The number of benzene rings is 6. The Morgan fingerprint density at radius 1 is 0.667 bits per heavy atom. The second kappa shape index (κ2) is 12.9. The fourth-order valence-electron chi connectivity index (χ4n) is 7.86. The number of aliphatic hydroxyl groups excluding tert-OH is 1. The van der Waals surface area contributed by atoms with Crippen LogP contribution in [-0.2, 0) is 35.7 Å². The molecule has 255 valence electrons. The number of pyridine rings is 1. The van der Waals surface area contributed by atoms with Gasteiger partial charge in [-0.25, -0.2) is 0 Å². The molecule has 1 aromatic heterocycles. The zero-order chi connectivity index (χ0) is 34.9. The molecule has 0 fully saturated rings. The van der Waals surface area contributed by atoms with Crippen LogP contribution in [0.5, 0.6) is 0 Å². The van der Waals surface area contributed by atoms with Crippen molar-refractivity contribution in [3.63, 3.8) is 0 Å². The maximum Gasteiger partial charge on any atom is 0.155 e. The van der Waals surface area contributed by atoms with Crippen LogP contribution >= 0.6 is 7.92 Å².